The Hall–Kier alpha value is -3.39. The predicted octanol–water partition coefficient (Wildman–Crippen LogP) is 4.05. The molecule has 150 valence electrons. The number of benzene rings is 2. The van der Waals surface area contributed by atoms with Crippen molar-refractivity contribution in [3.63, 3.8) is 0 Å². The highest BCUT2D eigenvalue weighted by atomic mass is 32.1. The van der Waals surface area contributed by atoms with Gasteiger partial charge in [-0.3, -0.25) is 4.99 Å². The zero-order valence-electron chi connectivity index (χ0n) is 16.0. The molecule has 6 nitrogen and oxygen atoms in total. The molecule has 29 heavy (non-hydrogen) atoms. The van der Waals surface area contributed by atoms with Crippen LogP contribution in [0.2, 0.25) is 0 Å². The van der Waals surface area contributed by atoms with Gasteiger partial charge in [0.25, 0.3) is 0 Å². The van der Waals surface area contributed by atoms with Crippen molar-refractivity contribution < 1.29 is 19.0 Å². The van der Waals surface area contributed by atoms with Gasteiger partial charge in [0.05, 0.1) is 32.7 Å². The number of hydrogen-bond acceptors (Lipinski definition) is 6. The lowest BCUT2D eigenvalue weighted by Gasteiger charge is -2.09. The van der Waals surface area contributed by atoms with Crippen molar-refractivity contribution in [3.05, 3.63) is 70.6 Å². The molecule has 0 amide bonds. The summed E-state index contributed by atoms with van der Waals surface area (Å²) in [6, 6.07) is 9.47. The molecule has 2 aromatic carbocycles. The van der Waals surface area contributed by atoms with Gasteiger partial charge < -0.3 is 14.6 Å². The quantitative estimate of drug-likeness (QED) is 0.469. The van der Waals surface area contributed by atoms with Gasteiger partial charge in [0, 0.05) is 16.5 Å². The lowest BCUT2D eigenvalue weighted by atomic mass is 10.2. The van der Waals surface area contributed by atoms with Crippen molar-refractivity contribution in [2.24, 2.45) is 10.1 Å². The molecule has 0 spiro atoms. The largest absolute Gasteiger partial charge is 0.502 e. The van der Waals surface area contributed by atoms with Crippen LogP contribution in [0.3, 0.4) is 0 Å². The molecule has 3 aromatic rings. The molecule has 8 heteroatoms. The van der Waals surface area contributed by atoms with Crippen molar-refractivity contribution in [1.82, 2.24) is 4.68 Å². The summed E-state index contributed by atoms with van der Waals surface area (Å²) in [6.45, 7) is 4.13. The molecule has 0 saturated carbocycles. The minimum Gasteiger partial charge on any atom is -0.502 e. The molecule has 0 bridgehead atoms. The number of rotatable bonds is 7. The van der Waals surface area contributed by atoms with Gasteiger partial charge in [0.15, 0.2) is 11.5 Å². The summed E-state index contributed by atoms with van der Waals surface area (Å²) in [5, 5.41) is 16.5. The third-order valence-corrected chi connectivity index (χ3v) is 4.86. The predicted molar refractivity (Wildman–Crippen MR) is 113 cm³/mol. The van der Waals surface area contributed by atoms with E-state index >= 15 is 0 Å². The van der Waals surface area contributed by atoms with Gasteiger partial charge in [-0.05, 0) is 36.4 Å². The van der Waals surface area contributed by atoms with E-state index in [4.69, 9.17) is 9.47 Å². The Balaban J connectivity index is 2.09. The number of hydrogen-bond donors (Lipinski definition) is 1. The third kappa shape index (κ3) is 4.55. The van der Waals surface area contributed by atoms with Gasteiger partial charge in [-0.1, -0.05) is 6.08 Å². The first-order valence-corrected chi connectivity index (χ1v) is 9.52. The molecule has 0 fully saturated rings. The van der Waals surface area contributed by atoms with Gasteiger partial charge in [-0.15, -0.1) is 17.9 Å². The topological polar surface area (TPSA) is 68.3 Å². The van der Waals surface area contributed by atoms with Crippen LogP contribution in [-0.4, -0.2) is 36.8 Å². The van der Waals surface area contributed by atoms with Crippen molar-refractivity contribution in [3.8, 4) is 28.5 Å². The fraction of sp³-hybridized carbons (Fsp3) is 0.143. The van der Waals surface area contributed by atoms with E-state index in [0.29, 0.717) is 16.9 Å². The number of methoxy groups -OCH3 is 2. The molecule has 1 N–H and O–H groups in total. The number of halogens is 1. The van der Waals surface area contributed by atoms with E-state index in [9.17, 15) is 9.50 Å². The molecular weight excluding hydrogens is 393 g/mol. The van der Waals surface area contributed by atoms with Gasteiger partial charge in [-0.2, -0.15) is 5.10 Å². The Morgan fingerprint density at radius 3 is 2.41 bits per heavy atom. The Bertz CT molecular complexity index is 1080. The fourth-order valence-corrected chi connectivity index (χ4v) is 3.44. The average molecular weight is 413 g/mol. The van der Waals surface area contributed by atoms with E-state index in [2.05, 4.69) is 16.7 Å². The average Bonchev–Trinajstić information content (AvgIpc) is 3.14. The van der Waals surface area contributed by atoms with E-state index in [1.807, 2.05) is 5.38 Å². The SMILES string of the molecule is C=CCN=c1scc(-c2ccc(F)cc2)n1N=Cc1cc(OC)c(O)c(OC)c1. The molecule has 0 atom stereocenters. The summed E-state index contributed by atoms with van der Waals surface area (Å²) in [6.07, 6.45) is 3.30. The van der Waals surface area contributed by atoms with Gasteiger partial charge >= 0.3 is 0 Å². The molecule has 0 unspecified atom stereocenters. The molecule has 0 aliphatic heterocycles. The van der Waals surface area contributed by atoms with Crippen LogP contribution in [0.4, 0.5) is 4.39 Å². The number of aromatic hydroxyl groups is 1. The lowest BCUT2D eigenvalue weighted by Crippen LogP contribution is -2.12. The van der Waals surface area contributed by atoms with Gasteiger partial charge in [0.1, 0.15) is 5.82 Å². The van der Waals surface area contributed by atoms with Crippen LogP contribution < -0.4 is 14.3 Å². The Labute approximate surface area is 171 Å². The fourth-order valence-electron chi connectivity index (χ4n) is 2.59. The monoisotopic (exact) mass is 413 g/mol. The van der Waals surface area contributed by atoms with Gasteiger partial charge in [-0.25, -0.2) is 9.07 Å². The smallest absolute Gasteiger partial charge is 0.206 e. The normalized spacial score (nSPS) is 11.8. The molecular formula is C21H20FN3O3S. The van der Waals surface area contributed by atoms with Gasteiger partial charge in [0.2, 0.25) is 10.6 Å². The number of ether oxygens (including phenoxy) is 2. The van der Waals surface area contributed by atoms with Crippen LogP contribution >= 0.6 is 11.3 Å². The Morgan fingerprint density at radius 1 is 1.17 bits per heavy atom. The van der Waals surface area contributed by atoms with Crippen LogP contribution in [-0.2, 0) is 0 Å². The number of phenolic OH excluding ortho intramolecular Hbond substituents is 1. The molecule has 3 rings (SSSR count). The first-order valence-electron chi connectivity index (χ1n) is 8.64. The van der Waals surface area contributed by atoms with E-state index < -0.39 is 0 Å². The number of nitrogens with zero attached hydrogens (tertiary/aromatic N) is 3. The molecule has 1 aromatic heterocycles. The first kappa shape index (κ1) is 20.3. The number of aromatic nitrogens is 1. The summed E-state index contributed by atoms with van der Waals surface area (Å²) in [7, 11) is 2.92. The zero-order chi connectivity index (χ0) is 20.8. The number of phenols is 1. The zero-order valence-corrected chi connectivity index (χ0v) is 16.8. The second kappa shape index (κ2) is 9.20. The molecule has 0 aliphatic carbocycles. The maximum Gasteiger partial charge on any atom is 0.206 e. The minimum atomic E-state index is -0.307. The second-order valence-corrected chi connectivity index (χ2v) is 6.71. The summed E-state index contributed by atoms with van der Waals surface area (Å²) >= 11 is 1.42. The van der Waals surface area contributed by atoms with Crippen LogP contribution in [0.15, 0.2) is 64.5 Å². The minimum absolute atomic E-state index is 0.0796. The molecule has 0 saturated heterocycles. The maximum absolute atomic E-state index is 13.3. The van der Waals surface area contributed by atoms with Crippen LogP contribution in [0.25, 0.3) is 11.3 Å². The molecule has 0 radical (unpaired) electrons. The Morgan fingerprint density at radius 2 is 1.83 bits per heavy atom. The molecule has 1 heterocycles. The highest BCUT2D eigenvalue weighted by Crippen LogP contribution is 2.36. The van der Waals surface area contributed by atoms with E-state index in [-0.39, 0.29) is 23.1 Å². The summed E-state index contributed by atoms with van der Waals surface area (Å²) in [5.74, 6) is 0.163. The van der Waals surface area contributed by atoms with E-state index in [1.165, 1.54) is 37.7 Å². The van der Waals surface area contributed by atoms with Crippen molar-refractivity contribution in [2.75, 3.05) is 20.8 Å². The summed E-state index contributed by atoms with van der Waals surface area (Å²) in [4.78, 5) is 5.13. The highest BCUT2D eigenvalue weighted by molar-refractivity contribution is 7.07. The van der Waals surface area contributed by atoms with E-state index in [0.717, 1.165) is 11.3 Å². The summed E-state index contributed by atoms with van der Waals surface area (Å²) in [5.41, 5.74) is 2.24. The number of thiazole rings is 1. The molecule has 0 aliphatic rings. The van der Waals surface area contributed by atoms with Crippen LogP contribution in [0, 0.1) is 5.82 Å². The standard InChI is InChI=1S/C21H20FN3O3S/c1-4-9-23-21-25(17(13-29-21)15-5-7-16(22)8-6-15)24-12-14-10-18(27-2)20(26)19(11-14)28-3/h4-8,10-13,26H,1,9H2,2-3H3. The lowest BCUT2D eigenvalue weighted by molar-refractivity contribution is 0.340. The van der Waals surface area contributed by atoms with E-state index in [1.54, 1.807) is 41.2 Å². The van der Waals surface area contributed by atoms with Crippen molar-refractivity contribution >= 4 is 17.6 Å². The van der Waals surface area contributed by atoms with Crippen LogP contribution in [0.1, 0.15) is 5.56 Å². The van der Waals surface area contributed by atoms with Crippen LogP contribution in [0.5, 0.6) is 17.2 Å². The maximum atomic E-state index is 13.3. The summed E-state index contributed by atoms with van der Waals surface area (Å²) < 4.78 is 25.4. The second-order valence-electron chi connectivity index (χ2n) is 5.87. The first-order chi connectivity index (χ1) is 14.1. The third-order valence-electron chi connectivity index (χ3n) is 4.01. The highest BCUT2D eigenvalue weighted by Gasteiger charge is 2.11. The van der Waals surface area contributed by atoms with Crippen molar-refractivity contribution in [2.45, 2.75) is 0 Å². The van der Waals surface area contributed by atoms with Crippen molar-refractivity contribution in [1.29, 1.82) is 0 Å². The Kier molecular flexibility index (Phi) is 6.46.